The molecular weight excluding hydrogens is 230 g/mol. The number of halogens is 2. The van der Waals surface area contributed by atoms with E-state index in [2.05, 4.69) is 20.8 Å². The van der Waals surface area contributed by atoms with Gasteiger partial charge in [-0.15, -0.1) is 0 Å². The first-order valence-corrected chi connectivity index (χ1v) is 6.66. The maximum Gasteiger partial charge on any atom is 0.276 e. The van der Waals surface area contributed by atoms with Crippen LogP contribution in [0.3, 0.4) is 0 Å². The van der Waals surface area contributed by atoms with Gasteiger partial charge in [-0.1, -0.05) is 50.6 Å². The van der Waals surface area contributed by atoms with Crippen LogP contribution in [0.25, 0.3) is 0 Å². The van der Waals surface area contributed by atoms with Crippen LogP contribution < -0.4 is 0 Å². The molecule has 0 N–H and O–H groups in total. The molecule has 100 valence electrons. The van der Waals surface area contributed by atoms with Crippen molar-refractivity contribution in [2.24, 2.45) is 17.3 Å². The van der Waals surface area contributed by atoms with Crippen LogP contribution in [-0.4, -0.2) is 0 Å². The van der Waals surface area contributed by atoms with Gasteiger partial charge >= 0.3 is 0 Å². The minimum Gasteiger partial charge on any atom is -0.201 e. The molecule has 1 aromatic carbocycles. The highest BCUT2D eigenvalue weighted by Crippen LogP contribution is 2.54. The number of hydrogen-bond donors (Lipinski definition) is 0. The Morgan fingerprint density at radius 1 is 1.06 bits per heavy atom. The predicted octanol–water partition coefficient (Wildman–Crippen LogP) is 5.16. The van der Waals surface area contributed by atoms with Crippen LogP contribution in [-0.2, 0) is 5.92 Å². The highest BCUT2D eigenvalue weighted by atomic mass is 19.3. The molecule has 0 radical (unpaired) electrons. The van der Waals surface area contributed by atoms with E-state index in [-0.39, 0.29) is 11.0 Å². The highest BCUT2D eigenvalue weighted by Gasteiger charge is 2.50. The minimum atomic E-state index is -2.67. The van der Waals surface area contributed by atoms with Crippen molar-refractivity contribution in [1.82, 2.24) is 0 Å². The topological polar surface area (TPSA) is 0 Å². The number of hydrogen-bond acceptors (Lipinski definition) is 0. The zero-order valence-corrected chi connectivity index (χ0v) is 11.6. The summed E-state index contributed by atoms with van der Waals surface area (Å²) in [6.07, 6.45) is 1.29. The molecule has 0 unspecified atom stereocenters. The normalized spacial score (nSPS) is 24.8. The maximum atomic E-state index is 14.3. The summed E-state index contributed by atoms with van der Waals surface area (Å²) >= 11 is 0. The Labute approximate surface area is 108 Å². The Balaban J connectivity index is 2.10. The molecule has 1 aliphatic rings. The molecule has 2 heteroatoms. The first-order valence-electron chi connectivity index (χ1n) is 6.66. The first kappa shape index (κ1) is 13.5. The van der Waals surface area contributed by atoms with Gasteiger partial charge in [0.15, 0.2) is 0 Å². The molecule has 0 aliphatic heterocycles. The van der Waals surface area contributed by atoms with Crippen LogP contribution in [0.5, 0.6) is 0 Å². The molecule has 1 fully saturated rings. The third kappa shape index (κ3) is 2.43. The van der Waals surface area contributed by atoms with E-state index in [9.17, 15) is 8.78 Å². The molecule has 0 bridgehead atoms. The van der Waals surface area contributed by atoms with Crippen molar-refractivity contribution >= 4 is 0 Å². The molecule has 0 heterocycles. The summed E-state index contributed by atoms with van der Waals surface area (Å²) in [6.45, 7) is 8.27. The Hall–Kier alpha value is -0.920. The van der Waals surface area contributed by atoms with E-state index in [4.69, 9.17) is 0 Å². The van der Waals surface area contributed by atoms with Crippen molar-refractivity contribution in [3.05, 3.63) is 35.4 Å². The Morgan fingerprint density at radius 2 is 1.67 bits per heavy atom. The fraction of sp³-hybridized carbons (Fsp3) is 0.625. The second kappa shape index (κ2) is 4.32. The van der Waals surface area contributed by atoms with Crippen LogP contribution >= 0.6 is 0 Å². The Morgan fingerprint density at radius 3 is 2.17 bits per heavy atom. The second-order valence-electron chi connectivity index (χ2n) is 6.72. The first-order chi connectivity index (χ1) is 8.21. The van der Waals surface area contributed by atoms with Gasteiger partial charge < -0.3 is 0 Å². The summed E-state index contributed by atoms with van der Waals surface area (Å²) in [5.41, 5.74) is 1.23. The lowest BCUT2D eigenvalue weighted by Gasteiger charge is -2.46. The Bertz CT molecular complexity index is 423. The fourth-order valence-corrected chi connectivity index (χ4v) is 2.71. The summed E-state index contributed by atoms with van der Waals surface area (Å²) in [7, 11) is 0. The van der Waals surface area contributed by atoms with Crippen LogP contribution in [0.4, 0.5) is 8.78 Å². The molecular formula is C16H22F2. The average Bonchev–Trinajstić information content (AvgIpc) is 2.12. The van der Waals surface area contributed by atoms with Gasteiger partial charge in [0.05, 0.1) is 0 Å². The highest BCUT2D eigenvalue weighted by molar-refractivity contribution is 5.27. The molecule has 0 spiro atoms. The molecule has 18 heavy (non-hydrogen) atoms. The van der Waals surface area contributed by atoms with Gasteiger partial charge in [-0.25, -0.2) is 8.78 Å². The van der Waals surface area contributed by atoms with Crippen molar-refractivity contribution in [2.45, 2.75) is 46.5 Å². The van der Waals surface area contributed by atoms with Gasteiger partial charge in [-0.2, -0.15) is 0 Å². The summed E-state index contributed by atoms with van der Waals surface area (Å²) < 4.78 is 28.7. The Kier molecular flexibility index (Phi) is 3.25. The second-order valence-corrected chi connectivity index (χ2v) is 6.72. The number of benzene rings is 1. The summed E-state index contributed by atoms with van der Waals surface area (Å²) in [5, 5.41) is 0. The van der Waals surface area contributed by atoms with Crippen molar-refractivity contribution < 1.29 is 8.78 Å². The number of alkyl halides is 2. The summed E-state index contributed by atoms with van der Waals surface area (Å²) in [6, 6.07) is 6.75. The predicted molar refractivity (Wildman–Crippen MR) is 70.7 cm³/mol. The van der Waals surface area contributed by atoms with Crippen molar-refractivity contribution in [3.8, 4) is 0 Å². The minimum absolute atomic E-state index is 0.152. The monoisotopic (exact) mass is 252 g/mol. The van der Waals surface area contributed by atoms with E-state index in [0.717, 1.165) is 5.56 Å². The van der Waals surface area contributed by atoms with Crippen LogP contribution in [0.2, 0.25) is 0 Å². The van der Waals surface area contributed by atoms with Gasteiger partial charge in [-0.3, -0.25) is 0 Å². The summed E-state index contributed by atoms with van der Waals surface area (Å²) in [5.74, 6) is -2.73. The molecule has 1 saturated carbocycles. The van der Waals surface area contributed by atoms with E-state index >= 15 is 0 Å². The van der Waals surface area contributed by atoms with Gasteiger partial charge in [-0.05, 0) is 31.1 Å². The maximum absolute atomic E-state index is 14.3. The van der Waals surface area contributed by atoms with Crippen LogP contribution in [0, 0.1) is 24.2 Å². The van der Waals surface area contributed by atoms with E-state index in [1.807, 2.05) is 13.0 Å². The average molecular weight is 252 g/mol. The molecule has 1 aliphatic carbocycles. The summed E-state index contributed by atoms with van der Waals surface area (Å²) in [4.78, 5) is 0. The van der Waals surface area contributed by atoms with Gasteiger partial charge in [0.25, 0.3) is 5.92 Å². The molecule has 0 nitrogen and oxygen atoms in total. The van der Waals surface area contributed by atoms with Gasteiger partial charge in [0, 0.05) is 11.5 Å². The van der Waals surface area contributed by atoms with Crippen molar-refractivity contribution in [3.63, 3.8) is 0 Å². The molecule has 1 aromatic rings. The zero-order valence-electron chi connectivity index (χ0n) is 11.6. The number of rotatable bonds is 2. The smallest absolute Gasteiger partial charge is 0.201 e. The van der Waals surface area contributed by atoms with E-state index in [0.29, 0.717) is 18.8 Å². The third-order valence-corrected chi connectivity index (χ3v) is 4.28. The van der Waals surface area contributed by atoms with Crippen LogP contribution in [0.1, 0.15) is 44.7 Å². The fourth-order valence-electron chi connectivity index (χ4n) is 2.71. The molecule has 0 amide bonds. The largest absolute Gasteiger partial charge is 0.276 e. The quantitative estimate of drug-likeness (QED) is 0.682. The standard InChI is InChI=1S/C16H22F2/c1-11-6-5-7-12(8-11)16(17,18)14-9-13(10-14)15(2,3)4/h5-8,13-14H,9-10H2,1-4H3. The van der Waals surface area contributed by atoms with E-state index in [1.165, 1.54) is 0 Å². The van der Waals surface area contributed by atoms with Gasteiger partial charge in [0.2, 0.25) is 0 Å². The number of aryl methyl sites for hydroxylation is 1. The lowest BCUT2D eigenvalue weighted by atomic mass is 9.60. The lowest BCUT2D eigenvalue weighted by Crippen LogP contribution is -2.42. The van der Waals surface area contributed by atoms with Crippen LogP contribution in [0.15, 0.2) is 24.3 Å². The lowest BCUT2D eigenvalue weighted by molar-refractivity contribution is -0.129. The molecule has 0 saturated heterocycles. The van der Waals surface area contributed by atoms with Crippen molar-refractivity contribution in [2.75, 3.05) is 0 Å². The molecule has 2 rings (SSSR count). The third-order valence-electron chi connectivity index (χ3n) is 4.28. The zero-order chi connectivity index (χ0) is 13.6. The van der Waals surface area contributed by atoms with E-state index < -0.39 is 11.8 Å². The van der Waals surface area contributed by atoms with E-state index in [1.54, 1.807) is 18.2 Å². The SMILES string of the molecule is Cc1cccc(C(F)(F)C2CC(C(C)(C)C)C2)c1. The molecule has 0 aromatic heterocycles. The van der Waals surface area contributed by atoms with Gasteiger partial charge in [0.1, 0.15) is 0 Å². The van der Waals surface area contributed by atoms with Crippen molar-refractivity contribution in [1.29, 1.82) is 0 Å². The molecule has 0 atom stereocenters.